The van der Waals surface area contributed by atoms with E-state index in [1.807, 2.05) is 13.8 Å². The van der Waals surface area contributed by atoms with E-state index >= 15 is 0 Å². The van der Waals surface area contributed by atoms with Gasteiger partial charge in [-0.15, -0.1) is 0 Å². The third kappa shape index (κ3) is 3.09. The minimum atomic E-state index is -0.327. The van der Waals surface area contributed by atoms with Gasteiger partial charge in [-0.3, -0.25) is 4.68 Å². The number of hydrogen-bond donors (Lipinski definition) is 0. The highest BCUT2D eigenvalue weighted by Gasteiger charge is 2.44. The maximum atomic E-state index is 13.1. The third-order valence-electron chi connectivity index (χ3n) is 4.40. The second-order valence-electron chi connectivity index (χ2n) is 6.41. The summed E-state index contributed by atoms with van der Waals surface area (Å²) in [6.45, 7) is 5.49. The van der Waals surface area contributed by atoms with Gasteiger partial charge in [0, 0.05) is 19.5 Å². The molecule has 22 heavy (non-hydrogen) atoms. The molecular formula is C15H22FN3O3. The lowest BCUT2D eigenvalue weighted by Crippen LogP contribution is -2.47. The van der Waals surface area contributed by atoms with Gasteiger partial charge in [0.15, 0.2) is 5.82 Å². The van der Waals surface area contributed by atoms with Gasteiger partial charge < -0.3 is 14.4 Å². The number of carbonyl (C=O) groups is 1. The zero-order valence-corrected chi connectivity index (χ0v) is 13.0. The molecule has 1 aromatic rings. The highest BCUT2D eigenvalue weighted by atomic mass is 19.1. The quantitative estimate of drug-likeness (QED) is 0.841. The predicted octanol–water partition coefficient (Wildman–Crippen LogP) is 2.36. The summed E-state index contributed by atoms with van der Waals surface area (Å²) in [7, 11) is 0. The van der Waals surface area contributed by atoms with Crippen LogP contribution in [0.5, 0.6) is 0 Å². The topological polar surface area (TPSA) is 56.6 Å². The molecule has 0 radical (unpaired) electrons. The van der Waals surface area contributed by atoms with Crippen molar-refractivity contribution in [3.63, 3.8) is 0 Å². The van der Waals surface area contributed by atoms with E-state index in [2.05, 4.69) is 5.10 Å². The van der Waals surface area contributed by atoms with E-state index in [0.717, 1.165) is 19.3 Å². The Morgan fingerprint density at radius 1 is 1.50 bits per heavy atom. The van der Waals surface area contributed by atoms with Crippen molar-refractivity contribution < 1.29 is 18.7 Å². The van der Waals surface area contributed by atoms with Crippen molar-refractivity contribution in [1.82, 2.24) is 14.7 Å². The summed E-state index contributed by atoms with van der Waals surface area (Å²) in [5.41, 5.74) is -0.221. The Kier molecular flexibility index (Phi) is 4.08. The molecular weight excluding hydrogens is 289 g/mol. The van der Waals surface area contributed by atoms with Gasteiger partial charge in [0.2, 0.25) is 0 Å². The highest BCUT2D eigenvalue weighted by Crippen LogP contribution is 2.40. The Hall–Kier alpha value is -1.63. The van der Waals surface area contributed by atoms with Crippen LogP contribution in [0.1, 0.15) is 39.2 Å². The first-order chi connectivity index (χ1) is 10.5. The average molecular weight is 311 g/mol. The first-order valence-corrected chi connectivity index (χ1v) is 7.77. The third-order valence-corrected chi connectivity index (χ3v) is 4.40. The van der Waals surface area contributed by atoms with Gasteiger partial charge in [0.05, 0.1) is 36.7 Å². The molecule has 3 rings (SSSR count). The molecule has 1 aromatic heterocycles. The van der Waals surface area contributed by atoms with Crippen LogP contribution >= 0.6 is 0 Å². The number of ether oxygens (including phenoxy) is 2. The zero-order chi connectivity index (χ0) is 15.7. The van der Waals surface area contributed by atoms with E-state index in [4.69, 9.17) is 9.47 Å². The fourth-order valence-electron chi connectivity index (χ4n) is 3.23. The lowest BCUT2D eigenvalue weighted by atomic mass is 9.87. The zero-order valence-electron chi connectivity index (χ0n) is 13.0. The minimum Gasteiger partial charge on any atom is -0.447 e. The number of rotatable bonds is 2. The summed E-state index contributed by atoms with van der Waals surface area (Å²) in [6, 6.07) is 0.0682. The number of halogens is 1. The van der Waals surface area contributed by atoms with Crippen molar-refractivity contribution >= 4 is 6.09 Å². The largest absolute Gasteiger partial charge is 0.447 e. The highest BCUT2D eigenvalue weighted by molar-refractivity contribution is 5.67. The van der Waals surface area contributed by atoms with E-state index in [1.54, 1.807) is 9.58 Å². The maximum Gasteiger partial charge on any atom is 0.410 e. The molecule has 2 fully saturated rings. The number of amides is 1. The van der Waals surface area contributed by atoms with Gasteiger partial charge in [0.1, 0.15) is 0 Å². The van der Waals surface area contributed by atoms with E-state index in [0.29, 0.717) is 19.7 Å². The molecule has 0 bridgehead atoms. The first kappa shape index (κ1) is 15.3. The molecule has 1 amide bonds. The molecule has 1 atom stereocenters. The lowest BCUT2D eigenvalue weighted by Gasteiger charge is -2.38. The van der Waals surface area contributed by atoms with Crippen molar-refractivity contribution in [2.24, 2.45) is 0 Å². The number of carbonyl (C=O) groups excluding carboxylic acids is 1. The molecule has 6 nitrogen and oxygen atoms in total. The van der Waals surface area contributed by atoms with Crippen LogP contribution in [0, 0.1) is 5.82 Å². The van der Waals surface area contributed by atoms with Crippen LogP contribution in [-0.2, 0) is 9.47 Å². The molecule has 0 aromatic carbocycles. The number of aromatic nitrogens is 2. The van der Waals surface area contributed by atoms with Gasteiger partial charge in [-0.1, -0.05) is 0 Å². The Morgan fingerprint density at radius 3 is 2.82 bits per heavy atom. The molecule has 0 N–H and O–H groups in total. The first-order valence-electron chi connectivity index (χ1n) is 7.77. The molecule has 2 aliphatic rings. The van der Waals surface area contributed by atoms with Crippen molar-refractivity contribution in [1.29, 1.82) is 0 Å². The number of hydrogen-bond acceptors (Lipinski definition) is 4. The lowest BCUT2D eigenvalue weighted by molar-refractivity contribution is -0.0435. The molecule has 3 heterocycles. The van der Waals surface area contributed by atoms with Crippen LogP contribution in [0.3, 0.4) is 0 Å². The summed E-state index contributed by atoms with van der Waals surface area (Å²) in [5, 5.41) is 4.03. The predicted molar refractivity (Wildman–Crippen MR) is 76.9 cm³/mol. The fraction of sp³-hybridized carbons (Fsp3) is 0.733. The number of likely N-dealkylation sites (tertiary alicyclic amines) is 1. The van der Waals surface area contributed by atoms with E-state index in [9.17, 15) is 9.18 Å². The van der Waals surface area contributed by atoms with Crippen molar-refractivity contribution in [3.05, 3.63) is 18.2 Å². The SMILES string of the molecule is CC(C)OC(=O)N1CCC2(CC1)C[C@H](n1cc(F)cn1)CO2. The summed E-state index contributed by atoms with van der Waals surface area (Å²) < 4.78 is 25.9. The van der Waals surface area contributed by atoms with Crippen molar-refractivity contribution in [3.8, 4) is 0 Å². The van der Waals surface area contributed by atoms with Gasteiger partial charge in [-0.2, -0.15) is 5.10 Å². The maximum absolute atomic E-state index is 13.1. The van der Waals surface area contributed by atoms with Crippen LogP contribution in [0.4, 0.5) is 9.18 Å². The summed E-state index contributed by atoms with van der Waals surface area (Å²) in [5.74, 6) is -0.327. The van der Waals surface area contributed by atoms with E-state index in [1.165, 1.54) is 12.4 Å². The number of piperidine rings is 1. The second kappa shape index (κ2) is 5.87. The molecule has 0 unspecified atom stereocenters. The molecule has 122 valence electrons. The molecule has 2 saturated heterocycles. The van der Waals surface area contributed by atoms with Gasteiger partial charge in [-0.25, -0.2) is 9.18 Å². The molecule has 0 saturated carbocycles. The average Bonchev–Trinajstić information content (AvgIpc) is 3.06. The van der Waals surface area contributed by atoms with Gasteiger partial charge in [0.25, 0.3) is 0 Å². The van der Waals surface area contributed by atoms with Crippen LogP contribution in [0.25, 0.3) is 0 Å². The second-order valence-corrected chi connectivity index (χ2v) is 6.41. The summed E-state index contributed by atoms with van der Waals surface area (Å²) in [6.07, 6.45) is 4.62. The van der Waals surface area contributed by atoms with Gasteiger partial charge >= 0.3 is 6.09 Å². The Bertz CT molecular complexity index is 538. The Morgan fingerprint density at radius 2 is 2.23 bits per heavy atom. The van der Waals surface area contributed by atoms with Crippen LogP contribution in [0.2, 0.25) is 0 Å². The molecule has 7 heteroatoms. The molecule has 2 aliphatic heterocycles. The Balaban J connectivity index is 1.56. The summed E-state index contributed by atoms with van der Waals surface area (Å²) in [4.78, 5) is 13.6. The van der Waals surface area contributed by atoms with Crippen LogP contribution in [-0.4, -0.2) is 52.2 Å². The fourth-order valence-corrected chi connectivity index (χ4v) is 3.23. The minimum absolute atomic E-state index is 0.0682. The monoisotopic (exact) mass is 311 g/mol. The van der Waals surface area contributed by atoms with Crippen molar-refractivity contribution in [2.45, 2.75) is 50.9 Å². The van der Waals surface area contributed by atoms with Gasteiger partial charge in [-0.05, 0) is 26.7 Å². The standard InChI is InChI=1S/C15H22FN3O3/c1-11(2)22-14(20)18-5-3-15(4-6-18)7-13(10-21-15)19-9-12(16)8-17-19/h8-9,11,13H,3-7,10H2,1-2H3/t13-/m0/s1. The molecule has 1 spiro atoms. The van der Waals surface area contributed by atoms with Crippen LogP contribution < -0.4 is 0 Å². The normalized spacial score (nSPS) is 24.2. The molecule has 0 aliphatic carbocycles. The van der Waals surface area contributed by atoms with Crippen molar-refractivity contribution in [2.75, 3.05) is 19.7 Å². The summed E-state index contributed by atoms with van der Waals surface area (Å²) >= 11 is 0. The van der Waals surface area contributed by atoms with Crippen LogP contribution in [0.15, 0.2) is 12.4 Å². The number of nitrogens with zero attached hydrogens (tertiary/aromatic N) is 3. The Labute approximate surface area is 129 Å². The van der Waals surface area contributed by atoms with E-state index in [-0.39, 0.29) is 29.7 Å². The van der Waals surface area contributed by atoms with E-state index < -0.39 is 0 Å². The smallest absolute Gasteiger partial charge is 0.410 e.